The lowest BCUT2D eigenvalue weighted by Crippen LogP contribution is -2.61. The average Bonchev–Trinajstić information content (AvgIpc) is 3.58. The Morgan fingerprint density at radius 3 is 2.42 bits per heavy atom. The number of aryl methyl sites for hydroxylation is 1. The molecule has 0 aliphatic carbocycles. The fourth-order valence-corrected chi connectivity index (χ4v) is 7.67. The summed E-state index contributed by atoms with van der Waals surface area (Å²) in [4.78, 5) is 58.6. The minimum atomic E-state index is -0.763. The van der Waals surface area contributed by atoms with Gasteiger partial charge in [0.25, 0.3) is 5.56 Å². The van der Waals surface area contributed by atoms with Crippen molar-refractivity contribution >= 4 is 34.6 Å². The molecule has 1 aromatic heterocycles. The highest BCUT2D eigenvalue weighted by Gasteiger charge is 2.45. The molecule has 0 spiro atoms. The topological polar surface area (TPSA) is 126 Å². The smallest absolute Gasteiger partial charge is 0.407 e. The third kappa shape index (κ3) is 9.30. The maximum Gasteiger partial charge on any atom is 0.407 e. The number of fused-ring (bicyclic) bond motifs is 1. The summed E-state index contributed by atoms with van der Waals surface area (Å²) in [6.07, 6.45) is 0.120. The van der Waals surface area contributed by atoms with E-state index >= 15 is 4.39 Å². The van der Waals surface area contributed by atoms with Crippen molar-refractivity contribution in [3.63, 3.8) is 0 Å². The van der Waals surface area contributed by atoms with Gasteiger partial charge in [0.2, 0.25) is 5.91 Å². The summed E-state index contributed by atoms with van der Waals surface area (Å²) in [6.45, 7) is 6.74. The molecule has 0 unspecified atom stereocenters. The number of hydrogen-bond donors (Lipinski definition) is 1. The molecule has 2 aliphatic heterocycles. The normalized spacial score (nSPS) is 19.7. The molecular weight excluding hydrogens is 710 g/mol. The van der Waals surface area contributed by atoms with Gasteiger partial charge in [0.05, 0.1) is 13.0 Å². The highest BCUT2D eigenvalue weighted by atomic mass is 19.1. The second kappa shape index (κ2) is 16.6. The van der Waals surface area contributed by atoms with Crippen LogP contribution in [0.1, 0.15) is 44.2 Å². The highest BCUT2D eigenvalue weighted by molar-refractivity contribution is 5.84. The number of amides is 2. The molecule has 12 nitrogen and oxygen atoms in total. The van der Waals surface area contributed by atoms with Gasteiger partial charge in [-0.2, -0.15) is 5.10 Å². The van der Waals surface area contributed by atoms with Crippen molar-refractivity contribution in [1.82, 2.24) is 24.9 Å². The minimum absolute atomic E-state index is 0.168. The Hall–Kier alpha value is -5.37. The lowest BCUT2D eigenvalue weighted by molar-refractivity contribution is -0.150. The van der Waals surface area contributed by atoms with E-state index in [-0.39, 0.29) is 43.2 Å². The van der Waals surface area contributed by atoms with Crippen LogP contribution in [0.5, 0.6) is 0 Å². The number of nitrogens with one attached hydrogen (secondary N) is 1. The van der Waals surface area contributed by atoms with Crippen LogP contribution in [0, 0.1) is 17.6 Å². The Morgan fingerprint density at radius 1 is 0.945 bits per heavy atom. The molecule has 55 heavy (non-hydrogen) atoms. The first-order chi connectivity index (χ1) is 26.2. The Labute approximate surface area is 319 Å². The summed E-state index contributed by atoms with van der Waals surface area (Å²) in [5.41, 5.74) is 0.152. The van der Waals surface area contributed by atoms with E-state index in [1.165, 1.54) is 37.0 Å². The molecule has 0 saturated carbocycles. The minimum Gasteiger partial charge on any atom is -0.468 e. The van der Waals surface area contributed by atoms with Gasteiger partial charge in [-0.1, -0.05) is 48.5 Å². The van der Waals surface area contributed by atoms with E-state index < -0.39 is 53.2 Å². The number of carbonyl (C=O) groups is 3. The van der Waals surface area contributed by atoms with Gasteiger partial charge in [-0.3, -0.25) is 19.3 Å². The van der Waals surface area contributed by atoms with Gasteiger partial charge in [0, 0.05) is 70.4 Å². The number of alkyl carbamates (subject to hydrolysis) is 1. The zero-order valence-corrected chi connectivity index (χ0v) is 31.8. The van der Waals surface area contributed by atoms with Crippen LogP contribution in [0.15, 0.2) is 77.6 Å². The maximum atomic E-state index is 15.4. The molecular formula is C41H48F2N6O6. The summed E-state index contributed by atoms with van der Waals surface area (Å²) >= 11 is 0. The first-order valence-corrected chi connectivity index (χ1v) is 18.5. The van der Waals surface area contributed by atoms with Crippen LogP contribution >= 0.6 is 0 Å². The van der Waals surface area contributed by atoms with Crippen molar-refractivity contribution in [3.05, 3.63) is 106 Å². The Bertz CT molecular complexity index is 2100. The molecule has 3 heterocycles. The number of ether oxygens (including phenoxy) is 2. The van der Waals surface area contributed by atoms with E-state index in [9.17, 15) is 23.6 Å². The predicted molar refractivity (Wildman–Crippen MR) is 204 cm³/mol. The summed E-state index contributed by atoms with van der Waals surface area (Å²) in [6, 6.07) is 19.3. The van der Waals surface area contributed by atoms with Crippen LogP contribution in [-0.2, 0) is 32.5 Å². The number of anilines is 1. The van der Waals surface area contributed by atoms with Crippen LogP contribution in [0.4, 0.5) is 19.4 Å². The van der Waals surface area contributed by atoms with Gasteiger partial charge in [0.1, 0.15) is 29.1 Å². The van der Waals surface area contributed by atoms with Crippen molar-refractivity contribution < 1.29 is 32.6 Å². The third-order valence-corrected chi connectivity index (χ3v) is 10.4. The second-order valence-electron chi connectivity index (χ2n) is 15.3. The van der Waals surface area contributed by atoms with Crippen molar-refractivity contribution in [1.29, 1.82) is 0 Å². The lowest BCUT2D eigenvalue weighted by Gasteiger charge is -2.45. The van der Waals surface area contributed by atoms with Crippen LogP contribution in [-0.4, -0.2) is 102 Å². The van der Waals surface area contributed by atoms with Crippen molar-refractivity contribution in [2.24, 2.45) is 13.0 Å². The predicted octanol–water partition coefficient (Wildman–Crippen LogP) is 4.64. The second-order valence-corrected chi connectivity index (χ2v) is 15.3. The number of carbonyl (C=O) groups excluding carboxylic acids is 3. The molecule has 1 N–H and O–H groups in total. The molecule has 14 heteroatoms. The fourth-order valence-electron chi connectivity index (χ4n) is 7.67. The quantitative estimate of drug-likeness (QED) is 0.230. The Balaban J connectivity index is 1.29. The summed E-state index contributed by atoms with van der Waals surface area (Å²) < 4.78 is 41.4. The molecule has 4 atom stereocenters. The maximum absolute atomic E-state index is 15.4. The van der Waals surface area contributed by atoms with E-state index in [0.717, 1.165) is 22.4 Å². The molecule has 4 aromatic rings. The molecule has 2 aliphatic rings. The number of rotatable bonds is 10. The highest BCUT2D eigenvalue weighted by Crippen LogP contribution is 2.38. The number of methoxy groups -OCH3 is 1. The molecule has 0 radical (unpaired) electrons. The van der Waals surface area contributed by atoms with Crippen LogP contribution in [0.3, 0.4) is 0 Å². The number of halogens is 2. The zero-order valence-electron chi connectivity index (χ0n) is 31.8. The monoisotopic (exact) mass is 758 g/mol. The lowest BCUT2D eigenvalue weighted by atomic mass is 9.86. The van der Waals surface area contributed by atoms with Crippen LogP contribution < -0.4 is 15.8 Å². The van der Waals surface area contributed by atoms with E-state index in [1.807, 2.05) is 46.2 Å². The van der Waals surface area contributed by atoms with E-state index in [2.05, 4.69) is 16.5 Å². The molecule has 0 bridgehead atoms. The number of nitrogens with zero attached hydrogens (tertiary/aromatic N) is 5. The number of aromatic nitrogens is 2. The summed E-state index contributed by atoms with van der Waals surface area (Å²) in [5, 5.41) is 9.31. The van der Waals surface area contributed by atoms with Gasteiger partial charge in [0.15, 0.2) is 0 Å². The molecule has 3 aromatic carbocycles. The van der Waals surface area contributed by atoms with E-state index in [1.54, 1.807) is 31.7 Å². The van der Waals surface area contributed by atoms with Gasteiger partial charge in [-0.05, 0) is 67.6 Å². The van der Waals surface area contributed by atoms with Gasteiger partial charge >= 0.3 is 12.1 Å². The third-order valence-electron chi connectivity index (χ3n) is 10.4. The molecule has 6 rings (SSSR count). The summed E-state index contributed by atoms with van der Waals surface area (Å²) in [5.74, 6) is -3.11. The first kappa shape index (κ1) is 39.3. The van der Waals surface area contributed by atoms with Crippen molar-refractivity contribution in [3.8, 4) is 0 Å². The molecule has 292 valence electrons. The van der Waals surface area contributed by atoms with Crippen LogP contribution in [0.2, 0.25) is 0 Å². The number of benzene rings is 3. The van der Waals surface area contributed by atoms with E-state index in [4.69, 9.17) is 9.47 Å². The SMILES string of the molecule is COC(=O)[C@H](Cc1ccc2ccccc2c1)N1CCN(C(=O)[C@@H]2CN(c3ccc(=O)n(C)n3)C[C@H]2c2ccc(F)cc2F)[C@@H](CCNC(=O)OC(C)(C)C)C1. The molecule has 2 saturated heterocycles. The van der Waals surface area contributed by atoms with Gasteiger partial charge in [-0.25, -0.2) is 18.3 Å². The largest absolute Gasteiger partial charge is 0.468 e. The average molecular weight is 759 g/mol. The standard InChI is InChI=1S/C41H48F2N6O6/c1-41(2,3)55-40(53)44-17-16-30-23-47(35(39(52)54-5)21-26-10-11-27-8-6-7-9-28(27)20-26)18-19-49(30)38(51)33-25-48(36-14-15-37(50)46(4)45-36)24-32(33)31-13-12-29(42)22-34(31)43/h6-15,20,22,30,32-33,35H,16-19,21,23-25H2,1-5H3,(H,44,53)/t30-,32-,33+,35-/m0/s1. The van der Waals surface area contributed by atoms with Crippen LogP contribution in [0.25, 0.3) is 10.8 Å². The zero-order chi connectivity index (χ0) is 39.4. The fraction of sp³-hybridized carbons (Fsp3) is 0.439. The van der Waals surface area contributed by atoms with Gasteiger partial charge in [-0.15, -0.1) is 0 Å². The van der Waals surface area contributed by atoms with Crippen molar-refractivity contribution in [2.75, 3.05) is 51.3 Å². The number of esters is 1. The first-order valence-electron chi connectivity index (χ1n) is 18.5. The molecule has 2 fully saturated rings. The van der Waals surface area contributed by atoms with E-state index in [0.29, 0.717) is 31.7 Å². The molecule has 2 amide bonds. The number of hydrogen-bond acceptors (Lipinski definition) is 9. The van der Waals surface area contributed by atoms with Gasteiger partial charge < -0.3 is 24.6 Å². The Kier molecular flexibility index (Phi) is 11.8. The summed E-state index contributed by atoms with van der Waals surface area (Å²) in [7, 11) is 2.89. The Morgan fingerprint density at radius 2 is 1.71 bits per heavy atom. The number of piperazine rings is 1. The van der Waals surface area contributed by atoms with Crippen molar-refractivity contribution in [2.45, 2.75) is 57.2 Å².